The van der Waals surface area contributed by atoms with E-state index in [-0.39, 0.29) is 17.8 Å². The molecule has 2 aromatic carbocycles. The zero-order chi connectivity index (χ0) is 21.1. The summed E-state index contributed by atoms with van der Waals surface area (Å²) in [5.74, 6) is -0.296. The number of carbonyl (C=O) groups excluding carboxylic acids is 1. The number of fused-ring (bicyclic) bond motifs is 1. The van der Waals surface area contributed by atoms with Crippen LogP contribution in [0.25, 0.3) is 10.9 Å². The maximum Gasteiger partial charge on any atom is 0.274 e. The number of aromatic nitrogens is 4. The standard InChI is InChI=1S/C22H21N5O2S/c1-14(30-22-26-23-13-27(22)2)17-9-15(12-28)10-18(11-17)24-21(29)20-8-7-16-5-3-4-6-19(16)25-20/h3-11,13-14,28H,12H2,1-2H3,(H,24,29). The molecule has 7 nitrogen and oxygen atoms in total. The number of pyridine rings is 1. The first-order valence-electron chi connectivity index (χ1n) is 9.46. The molecular weight excluding hydrogens is 398 g/mol. The molecule has 30 heavy (non-hydrogen) atoms. The van der Waals surface area contributed by atoms with E-state index in [0.717, 1.165) is 27.2 Å². The van der Waals surface area contributed by atoms with E-state index in [9.17, 15) is 9.90 Å². The fourth-order valence-electron chi connectivity index (χ4n) is 3.11. The molecule has 2 aromatic heterocycles. The van der Waals surface area contributed by atoms with Crippen molar-refractivity contribution in [3.63, 3.8) is 0 Å². The third-order valence-electron chi connectivity index (χ3n) is 4.71. The first-order chi connectivity index (χ1) is 14.5. The minimum absolute atomic E-state index is 0.0499. The zero-order valence-electron chi connectivity index (χ0n) is 16.6. The number of para-hydroxylation sites is 1. The number of hydrogen-bond acceptors (Lipinski definition) is 6. The molecule has 1 unspecified atom stereocenters. The van der Waals surface area contributed by atoms with Gasteiger partial charge >= 0.3 is 0 Å². The van der Waals surface area contributed by atoms with Gasteiger partial charge in [0.15, 0.2) is 5.16 Å². The topological polar surface area (TPSA) is 92.9 Å². The Balaban J connectivity index is 1.57. The van der Waals surface area contributed by atoms with Crippen LogP contribution in [0, 0.1) is 0 Å². The summed E-state index contributed by atoms with van der Waals surface area (Å²) >= 11 is 1.56. The van der Waals surface area contributed by atoms with Crippen LogP contribution in [0.3, 0.4) is 0 Å². The Morgan fingerprint density at radius 2 is 2.03 bits per heavy atom. The van der Waals surface area contributed by atoms with Crippen LogP contribution in [0.1, 0.15) is 33.8 Å². The summed E-state index contributed by atoms with van der Waals surface area (Å²) in [5, 5.41) is 22.4. The van der Waals surface area contributed by atoms with Crippen LogP contribution < -0.4 is 5.32 Å². The lowest BCUT2D eigenvalue weighted by Crippen LogP contribution is -2.14. The van der Waals surface area contributed by atoms with Crippen LogP contribution in [0.2, 0.25) is 0 Å². The van der Waals surface area contributed by atoms with Gasteiger partial charge in [-0.05, 0) is 42.3 Å². The van der Waals surface area contributed by atoms with Crippen LogP contribution >= 0.6 is 11.8 Å². The number of aliphatic hydroxyl groups is 1. The highest BCUT2D eigenvalue weighted by Crippen LogP contribution is 2.35. The SMILES string of the molecule is CC(Sc1nncn1C)c1cc(CO)cc(NC(=O)c2ccc3ccccc3n2)c1. The Hall–Kier alpha value is -3.23. The molecule has 0 bridgehead atoms. The highest BCUT2D eigenvalue weighted by molar-refractivity contribution is 7.99. The number of anilines is 1. The first-order valence-corrected chi connectivity index (χ1v) is 10.3. The van der Waals surface area contributed by atoms with Gasteiger partial charge in [0.05, 0.1) is 12.1 Å². The van der Waals surface area contributed by atoms with Gasteiger partial charge in [-0.25, -0.2) is 4.98 Å². The van der Waals surface area contributed by atoms with Gasteiger partial charge in [0, 0.05) is 23.4 Å². The van der Waals surface area contributed by atoms with Crippen LogP contribution in [0.5, 0.6) is 0 Å². The predicted octanol–water partition coefficient (Wildman–Crippen LogP) is 3.96. The molecule has 0 aliphatic rings. The summed E-state index contributed by atoms with van der Waals surface area (Å²) in [5.41, 5.74) is 3.41. The van der Waals surface area contributed by atoms with Crippen molar-refractivity contribution in [3.05, 3.63) is 77.7 Å². The maximum absolute atomic E-state index is 12.8. The van der Waals surface area contributed by atoms with Crippen LogP contribution in [0.15, 0.2) is 66.1 Å². The highest BCUT2D eigenvalue weighted by atomic mass is 32.2. The van der Waals surface area contributed by atoms with E-state index in [1.54, 1.807) is 30.2 Å². The van der Waals surface area contributed by atoms with Crippen molar-refractivity contribution in [2.24, 2.45) is 7.05 Å². The van der Waals surface area contributed by atoms with E-state index in [2.05, 4.69) is 20.5 Å². The number of carbonyl (C=O) groups is 1. The average molecular weight is 420 g/mol. The Morgan fingerprint density at radius 1 is 1.20 bits per heavy atom. The second-order valence-corrected chi connectivity index (χ2v) is 8.26. The molecule has 0 aliphatic heterocycles. The smallest absolute Gasteiger partial charge is 0.274 e. The van der Waals surface area contributed by atoms with Gasteiger partial charge in [0.2, 0.25) is 0 Å². The maximum atomic E-state index is 12.8. The number of benzene rings is 2. The van der Waals surface area contributed by atoms with Gasteiger partial charge in [-0.1, -0.05) is 42.1 Å². The van der Waals surface area contributed by atoms with Crippen LogP contribution in [0.4, 0.5) is 5.69 Å². The van der Waals surface area contributed by atoms with Gasteiger partial charge in [-0.3, -0.25) is 4.79 Å². The van der Waals surface area contributed by atoms with Crippen molar-refractivity contribution in [3.8, 4) is 0 Å². The molecule has 0 radical (unpaired) electrons. The summed E-state index contributed by atoms with van der Waals surface area (Å²) in [6, 6.07) is 16.9. The van der Waals surface area contributed by atoms with E-state index >= 15 is 0 Å². The fourth-order valence-corrected chi connectivity index (χ4v) is 4.01. The van der Waals surface area contributed by atoms with E-state index < -0.39 is 0 Å². The summed E-state index contributed by atoms with van der Waals surface area (Å²) < 4.78 is 1.85. The number of rotatable bonds is 6. The van der Waals surface area contributed by atoms with E-state index in [1.165, 1.54) is 0 Å². The summed E-state index contributed by atoms with van der Waals surface area (Å²) in [7, 11) is 1.89. The normalized spacial score (nSPS) is 12.1. The van der Waals surface area contributed by atoms with E-state index in [4.69, 9.17) is 0 Å². The van der Waals surface area contributed by atoms with Crippen molar-refractivity contribution < 1.29 is 9.90 Å². The van der Waals surface area contributed by atoms with Crippen molar-refractivity contribution in [1.82, 2.24) is 19.7 Å². The molecule has 0 saturated heterocycles. The molecule has 1 atom stereocenters. The second-order valence-electron chi connectivity index (χ2n) is 6.95. The summed E-state index contributed by atoms with van der Waals surface area (Å²) in [6.45, 7) is 1.93. The quantitative estimate of drug-likeness (QED) is 0.460. The molecule has 152 valence electrons. The lowest BCUT2D eigenvalue weighted by atomic mass is 10.1. The van der Waals surface area contributed by atoms with Crippen molar-refractivity contribution >= 4 is 34.3 Å². The summed E-state index contributed by atoms with van der Waals surface area (Å²) in [4.78, 5) is 17.2. The minimum atomic E-state index is -0.296. The largest absolute Gasteiger partial charge is 0.392 e. The Labute approximate surface area is 178 Å². The average Bonchev–Trinajstić information content (AvgIpc) is 3.17. The third kappa shape index (κ3) is 4.34. The second kappa shape index (κ2) is 8.64. The number of aliphatic hydroxyl groups excluding tert-OH is 1. The van der Waals surface area contributed by atoms with Crippen LogP contribution in [-0.2, 0) is 13.7 Å². The molecule has 0 fully saturated rings. The van der Waals surface area contributed by atoms with Gasteiger partial charge in [-0.2, -0.15) is 0 Å². The number of nitrogens with one attached hydrogen (secondary N) is 1. The molecule has 4 rings (SSSR count). The molecule has 2 N–H and O–H groups in total. The van der Waals surface area contributed by atoms with Crippen molar-refractivity contribution in [2.45, 2.75) is 23.9 Å². The number of hydrogen-bond donors (Lipinski definition) is 2. The lowest BCUT2D eigenvalue weighted by molar-refractivity contribution is 0.102. The summed E-state index contributed by atoms with van der Waals surface area (Å²) in [6.07, 6.45) is 1.65. The molecular formula is C22H21N5O2S. The van der Waals surface area contributed by atoms with Gasteiger partial charge < -0.3 is 15.0 Å². The molecule has 4 aromatic rings. The number of aryl methyl sites for hydroxylation is 1. The van der Waals surface area contributed by atoms with E-state index in [1.807, 2.05) is 61.0 Å². The van der Waals surface area contributed by atoms with Gasteiger partial charge in [0.25, 0.3) is 5.91 Å². The first kappa shape index (κ1) is 20.1. The van der Waals surface area contributed by atoms with Crippen molar-refractivity contribution in [1.29, 1.82) is 0 Å². The Kier molecular flexibility index (Phi) is 5.78. The molecule has 8 heteroatoms. The number of thioether (sulfide) groups is 1. The zero-order valence-corrected chi connectivity index (χ0v) is 17.4. The predicted molar refractivity (Wildman–Crippen MR) is 117 cm³/mol. The molecule has 2 heterocycles. The highest BCUT2D eigenvalue weighted by Gasteiger charge is 2.15. The van der Waals surface area contributed by atoms with Gasteiger partial charge in [0.1, 0.15) is 12.0 Å². The molecule has 0 spiro atoms. The Morgan fingerprint density at radius 3 is 2.80 bits per heavy atom. The third-order valence-corrected chi connectivity index (χ3v) is 5.91. The van der Waals surface area contributed by atoms with Crippen molar-refractivity contribution in [2.75, 3.05) is 5.32 Å². The number of nitrogens with zero attached hydrogens (tertiary/aromatic N) is 4. The minimum Gasteiger partial charge on any atom is -0.392 e. The van der Waals surface area contributed by atoms with E-state index in [0.29, 0.717) is 11.4 Å². The monoisotopic (exact) mass is 419 g/mol. The lowest BCUT2D eigenvalue weighted by Gasteiger charge is -2.15. The Bertz CT molecular complexity index is 1210. The molecule has 1 amide bonds. The number of amides is 1. The van der Waals surface area contributed by atoms with Crippen LogP contribution in [-0.4, -0.2) is 30.8 Å². The van der Waals surface area contributed by atoms with Gasteiger partial charge in [-0.15, -0.1) is 10.2 Å². The molecule has 0 aliphatic carbocycles. The fraction of sp³-hybridized carbons (Fsp3) is 0.182. The molecule has 0 saturated carbocycles.